The highest BCUT2D eigenvalue weighted by molar-refractivity contribution is 4.85. The molecule has 0 saturated carbocycles. The molecular weight excluding hydrogens is 156 g/mol. The first-order valence-corrected chi connectivity index (χ1v) is 4.62. The summed E-state index contributed by atoms with van der Waals surface area (Å²) in [5.74, 6) is 0. The van der Waals surface area contributed by atoms with Crippen molar-refractivity contribution in [3.63, 3.8) is 0 Å². The predicted molar refractivity (Wildman–Crippen MR) is 47.9 cm³/mol. The Morgan fingerprint density at radius 3 is 1.83 bits per heavy atom. The van der Waals surface area contributed by atoms with Crippen LogP contribution >= 0.6 is 0 Å². The molecule has 3 nitrogen and oxygen atoms in total. The summed E-state index contributed by atoms with van der Waals surface area (Å²) in [5, 5.41) is 27.9. The molecule has 0 fully saturated rings. The zero-order chi connectivity index (χ0) is 9.61. The van der Waals surface area contributed by atoms with E-state index in [1.165, 1.54) is 0 Å². The number of rotatable bonds is 6. The van der Waals surface area contributed by atoms with Crippen molar-refractivity contribution in [2.75, 3.05) is 6.61 Å². The second-order valence-corrected chi connectivity index (χ2v) is 3.30. The van der Waals surface area contributed by atoms with Gasteiger partial charge >= 0.3 is 0 Å². The predicted octanol–water partition coefficient (Wildman–Crippen LogP) is 0.671. The SMILES string of the molecule is CCCC(O)(CCC)C(O)CO. The van der Waals surface area contributed by atoms with Crippen molar-refractivity contribution < 1.29 is 15.3 Å². The molecule has 0 heterocycles. The number of aliphatic hydroxyl groups is 3. The van der Waals surface area contributed by atoms with Gasteiger partial charge in [-0.25, -0.2) is 0 Å². The molecule has 12 heavy (non-hydrogen) atoms. The second-order valence-electron chi connectivity index (χ2n) is 3.30. The lowest BCUT2D eigenvalue weighted by Crippen LogP contribution is -2.44. The Hall–Kier alpha value is -0.120. The third kappa shape index (κ3) is 3.09. The summed E-state index contributed by atoms with van der Waals surface area (Å²) < 4.78 is 0. The van der Waals surface area contributed by atoms with Gasteiger partial charge in [0, 0.05) is 0 Å². The minimum absolute atomic E-state index is 0.365. The summed E-state index contributed by atoms with van der Waals surface area (Å²) in [5.41, 5.74) is -1.09. The van der Waals surface area contributed by atoms with E-state index in [0.717, 1.165) is 12.8 Å². The summed E-state index contributed by atoms with van der Waals surface area (Å²) in [6, 6.07) is 0. The van der Waals surface area contributed by atoms with Crippen LogP contribution in [0.15, 0.2) is 0 Å². The Balaban J connectivity index is 4.15. The molecular formula is C9H20O3. The molecule has 0 amide bonds. The average molecular weight is 176 g/mol. The Morgan fingerprint density at radius 1 is 1.17 bits per heavy atom. The minimum atomic E-state index is -1.09. The monoisotopic (exact) mass is 176 g/mol. The van der Waals surface area contributed by atoms with Gasteiger partial charge in [0.05, 0.1) is 12.2 Å². The van der Waals surface area contributed by atoms with Crippen LogP contribution in [0.3, 0.4) is 0 Å². The van der Waals surface area contributed by atoms with Gasteiger partial charge in [0.2, 0.25) is 0 Å². The fourth-order valence-electron chi connectivity index (χ4n) is 1.49. The van der Waals surface area contributed by atoms with Gasteiger partial charge in [0.1, 0.15) is 6.10 Å². The summed E-state index contributed by atoms with van der Waals surface area (Å²) in [4.78, 5) is 0. The topological polar surface area (TPSA) is 60.7 Å². The molecule has 74 valence electrons. The fraction of sp³-hybridized carbons (Fsp3) is 1.00. The Bertz CT molecular complexity index is 108. The molecule has 0 aromatic rings. The molecule has 3 heteroatoms. The van der Waals surface area contributed by atoms with Crippen LogP contribution in [-0.4, -0.2) is 33.6 Å². The Labute approximate surface area is 74.0 Å². The zero-order valence-corrected chi connectivity index (χ0v) is 7.95. The standard InChI is InChI=1S/C9H20O3/c1-3-5-9(12,6-4-2)8(11)7-10/h8,10-12H,3-7H2,1-2H3. The lowest BCUT2D eigenvalue weighted by atomic mass is 9.87. The van der Waals surface area contributed by atoms with Crippen molar-refractivity contribution in [1.29, 1.82) is 0 Å². The van der Waals surface area contributed by atoms with Crippen molar-refractivity contribution in [2.24, 2.45) is 0 Å². The van der Waals surface area contributed by atoms with Crippen LogP contribution in [0.5, 0.6) is 0 Å². The van der Waals surface area contributed by atoms with Gasteiger partial charge in [-0.1, -0.05) is 26.7 Å². The highest BCUT2D eigenvalue weighted by Crippen LogP contribution is 2.23. The number of hydrogen-bond donors (Lipinski definition) is 3. The van der Waals surface area contributed by atoms with Crippen LogP contribution in [0.4, 0.5) is 0 Å². The molecule has 0 aliphatic carbocycles. The van der Waals surface area contributed by atoms with Crippen molar-refractivity contribution in [2.45, 2.75) is 51.2 Å². The summed E-state index contributed by atoms with van der Waals surface area (Å²) in [7, 11) is 0. The molecule has 3 N–H and O–H groups in total. The van der Waals surface area contributed by atoms with Gasteiger partial charge < -0.3 is 15.3 Å². The van der Waals surface area contributed by atoms with Gasteiger partial charge in [-0.15, -0.1) is 0 Å². The third-order valence-electron chi connectivity index (χ3n) is 2.16. The molecule has 0 aromatic heterocycles. The van der Waals surface area contributed by atoms with Crippen molar-refractivity contribution in [3.8, 4) is 0 Å². The summed E-state index contributed by atoms with van der Waals surface area (Å²) >= 11 is 0. The molecule has 1 unspecified atom stereocenters. The molecule has 0 spiro atoms. The summed E-state index contributed by atoms with van der Waals surface area (Å²) in [6.07, 6.45) is 1.71. The molecule has 0 aliphatic heterocycles. The highest BCUT2D eigenvalue weighted by atomic mass is 16.4. The lowest BCUT2D eigenvalue weighted by molar-refractivity contribution is -0.104. The van der Waals surface area contributed by atoms with E-state index < -0.39 is 11.7 Å². The van der Waals surface area contributed by atoms with Crippen LogP contribution in [0, 0.1) is 0 Å². The largest absolute Gasteiger partial charge is 0.394 e. The maximum Gasteiger partial charge on any atom is 0.106 e. The first-order chi connectivity index (χ1) is 5.60. The Kier molecular flexibility index (Phi) is 5.46. The van der Waals surface area contributed by atoms with Gasteiger partial charge in [0.15, 0.2) is 0 Å². The van der Waals surface area contributed by atoms with Gasteiger partial charge in [0.25, 0.3) is 0 Å². The van der Waals surface area contributed by atoms with E-state index >= 15 is 0 Å². The highest BCUT2D eigenvalue weighted by Gasteiger charge is 2.32. The minimum Gasteiger partial charge on any atom is -0.394 e. The first kappa shape index (κ1) is 11.9. The van der Waals surface area contributed by atoms with E-state index in [1.54, 1.807) is 0 Å². The molecule has 0 aliphatic rings. The smallest absolute Gasteiger partial charge is 0.106 e. The van der Waals surface area contributed by atoms with Crippen molar-refractivity contribution in [1.82, 2.24) is 0 Å². The maximum atomic E-state index is 9.87. The molecule has 0 rings (SSSR count). The second kappa shape index (κ2) is 5.51. The normalized spacial score (nSPS) is 14.8. The average Bonchev–Trinajstić information content (AvgIpc) is 2.04. The summed E-state index contributed by atoms with van der Waals surface area (Å²) in [6.45, 7) is 3.53. The van der Waals surface area contributed by atoms with Crippen LogP contribution in [0.25, 0.3) is 0 Å². The number of hydrogen-bond acceptors (Lipinski definition) is 3. The molecule has 0 radical (unpaired) electrons. The lowest BCUT2D eigenvalue weighted by Gasteiger charge is -2.31. The van der Waals surface area contributed by atoms with Gasteiger partial charge in [-0.2, -0.15) is 0 Å². The third-order valence-corrected chi connectivity index (χ3v) is 2.16. The van der Waals surface area contributed by atoms with Crippen LogP contribution in [-0.2, 0) is 0 Å². The molecule has 1 atom stereocenters. The number of aliphatic hydroxyl groups excluding tert-OH is 2. The van der Waals surface area contributed by atoms with Gasteiger partial charge in [-0.05, 0) is 12.8 Å². The van der Waals surface area contributed by atoms with E-state index in [-0.39, 0.29) is 6.61 Å². The molecule has 0 aromatic carbocycles. The van der Waals surface area contributed by atoms with Crippen LogP contribution in [0.1, 0.15) is 39.5 Å². The van der Waals surface area contributed by atoms with E-state index in [9.17, 15) is 10.2 Å². The van der Waals surface area contributed by atoms with E-state index in [0.29, 0.717) is 12.8 Å². The quantitative estimate of drug-likeness (QED) is 0.557. The van der Waals surface area contributed by atoms with Crippen molar-refractivity contribution in [3.05, 3.63) is 0 Å². The first-order valence-electron chi connectivity index (χ1n) is 4.62. The fourth-order valence-corrected chi connectivity index (χ4v) is 1.49. The van der Waals surface area contributed by atoms with E-state index in [1.807, 2.05) is 13.8 Å². The molecule has 0 saturated heterocycles. The van der Waals surface area contributed by atoms with E-state index in [2.05, 4.69) is 0 Å². The maximum absolute atomic E-state index is 9.87. The zero-order valence-electron chi connectivity index (χ0n) is 7.95. The molecule has 0 bridgehead atoms. The van der Waals surface area contributed by atoms with E-state index in [4.69, 9.17) is 5.11 Å². The van der Waals surface area contributed by atoms with Crippen molar-refractivity contribution >= 4 is 0 Å². The van der Waals surface area contributed by atoms with Gasteiger partial charge in [-0.3, -0.25) is 0 Å². The van der Waals surface area contributed by atoms with Crippen LogP contribution in [0.2, 0.25) is 0 Å². The Morgan fingerprint density at radius 2 is 1.58 bits per heavy atom. The van der Waals surface area contributed by atoms with Crippen LogP contribution < -0.4 is 0 Å².